The van der Waals surface area contributed by atoms with Crippen molar-refractivity contribution < 1.29 is 13.2 Å². The van der Waals surface area contributed by atoms with Crippen LogP contribution in [0.25, 0.3) is 11.4 Å². The lowest BCUT2D eigenvalue weighted by Gasteiger charge is -2.13. The Morgan fingerprint density at radius 1 is 0.933 bits per heavy atom. The Kier molecular flexibility index (Phi) is 5.72. The Morgan fingerprint density at radius 3 is 2.43 bits per heavy atom. The smallest absolute Gasteiger partial charge is 0.306 e. The molecule has 30 heavy (non-hydrogen) atoms. The molecule has 2 aromatic carbocycles. The molecule has 0 aliphatic carbocycles. The van der Waals surface area contributed by atoms with Crippen LogP contribution >= 0.6 is 11.3 Å². The summed E-state index contributed by atoms with van der Waals surface area (Å²) in [5, 5.41) is 10.8. The van der Waals surface area contributed by atoms with E-state index in [9.17, 15) is 13.2 Å². The molecule has 154 valence electrons. The predicted molar refractivity (Wildman–Crippen MR) is 112 cm³/mol. The van der Waals surface area contributed by atoms with Gasteiger partial charge in [0.15, 0.2) is 5.82 Å². The largest absolute Gasteiger partial charge is 0.416 e. The summed E-state index contributed by atoms with van der Waals surface area (Å²) in [7, 11) is 0. The number of aromatic nitrogens is 3. The zero-order chi connectivity index (χ0) is 21.1. The molecule has 4 rings (SSSR count). The second-order valence-electron chi connectivity index (χ2n) is 7.12. The minimum absolute atomic E-state index is 0.235. The minimum Gasteiger partial charge on any atom is -0.306 e. The minimum atomic E-state index is -4.35. The van der Waals surface area contributed by atoms with Crippen molar-refractivity contribution in [2.45, 2.75) is 32.5 Å². The predicted octanol–water partition coefficient (Wildman–Crippen LogP) is 6.17. The highest BCUT2D eigenvalue weighted by Crippen LogP contribution is 2.32. The third kappa shape index (κ3) is 4.46. The van der Waals surface area contributed by atoms with Crippen LogP contribution < -0.4 is 0 Å². The van der Waals surface area contributed by atoms with E-state index in [-0.39, 0.29) is 5.56 Å². The Labute approximate surface area is 176 Å². The van der Waals surface area contributed by atoms with Gasteiger partial charge >= 0.3 is 6.18 Å². The molecule has 2 heterocycles. The number of nitrogens with zero attached hydrogens (tertiary/aromatic N) is 3. The average molecular weight is 427 g/mol. The molecule has 0 N–H and O–H groups in total. The van der Waals surface area contributed by atoms with Crippen LogP contribution in [0.4, 0.5) is 13.2 Å². The summed E-state index contributed by atoms with van der Waals surface area (Å²) >= 11 is 1.65. The van der Waals surface area contributed by atoms with Crippen molar-refractivity contribution in [1.82, 2.24) is 14.8 Å². The molecule has 3 nitrogen and oxygen atoms in total. The Hall–Kier alpha value is -2.93. The van der Waals surface area contributed by atoms with E-state index in [4.69, 9.17) is 0 Å². The summed E-state index contributed by atoms with van der Waals surface area (Å²) in [6.45, 7) is 2.11. The number of hydrogen-bond acceptors (Lipinski definition) is 3. The third-order valence-electron chi connectivity index (χ3n) is 5.00. The molecule has 4 aromatic rings. The van der Waals surface area contributed by atoms with Crippen LogP contribution in [0.3, 0.4) is 0 Å². The second kappa shape index (κ2) is 8.44. The van der Waals surface area contributed by atoms with Gasteiger partial charge in [-0.05, 0) is 42.0 Å². The molecule has 0 saturated heterocycles. The van der Waals surface area contributed by atoms with Gasteiger partial charge in [0.1, 0.15) is 5.82 Å². The fourth-order valence-corrected chi connectivity index (χ4v) is 4.12. The number of alkyl halides is 3. The van der Waals surface area contributed by atoms with Crippen molar-refractivity contribution in [1.29, 1.82) is 0 Å². The topological polar surface area (TPSA) is 30.7 Å². The van der Waals surface area contributed by atoms with Gasteiger partial charge < -0.3 is 4.57 Å². The molecule has 0 radical (unpaired) electrons. The van der Waals surface area contributed by atoms with E-state index in [2.05, 4.69) is 20.8 Å². The zero-order valence-electron chi connectivity index (χ0n) is 16.4. The molecule has 0 amide bonds. The van der Waals surface area contributed by atoms with Crippen LogP contribution in [-0.2, 0) is 25.6 Å². The van der Waals surface area contributed by atoms with E-state index in [1.807, 2.05) is 41.8 Å². The molecule has 7 heteroatoms. The first-order chi connectivity index (χ1) is 14.4. The summed E-state index contributed by atoms with van der Waals surface area (Å²) in [4.78, 5) is 1.17. The summed E-state index contributed by atoms with van der Waals surface area (Å²) in [6, 6.07) is 18.4. The molecule has 0 bridgehead atoms. The zero-order valence-corrected chi connectivity index (χ0v) is 17.2. The SMILES string of the molecule is Cc1ccc(CCc2nnc(-c3ccccc3)n2Cc2cccs2)cc1C(F)(F)F. The summed E-state index contributed by atoms with van der Waals surface area (Å²) < 4.78 is 41.8. The highest BCUT2D eigenvalue weighted by atomic mass is 32.1. The normalized spacial score (nSPS) is 11.7. The van der Waals surface area contributed by atoms with Gasteiger partial charge in [-0.15, -0.1) is 21.5 Å². The van der Waals surface area contributed by atoms with Crippen molar-refractivity contribution >= 4 is 11.3 Å². The summed E-state index contributed by atoms with van der Waals surface area (Å²) in [5.41, 5.74) is 1.26. The van der Waals surface area contributed by atoms with Gasteiger partial charge in [-0.1, -0.05) is 48.5 Å². The maximum atomic E-state index is 13.2. The van der Waals surface area contributed by atoms with E-state index in [1.165, 1.54) is 23.9 Å². The number of hydrogen-bond donors (Lipinski definition) is 0. The molecule has 0 aliphatic heterocycles. The number of halogens is 3. The summed E-state index contributed by atoms with van der Waals surface area (Å²) in [6.07, 6.45) is -3.38. The second-order valence-corrected chi connectivity index (χ2v) is 8.15. The van der Waals surface area contributed by atoms with Gasteiger partial charge in [-0.3, -0.25) is 0 Å². The van der Waals surface area contributed by atoms with Crippen LogP contribution in [0.5, 0.6) is 0 Å². The van der Waals surface area contributed by atoms with Gasteiger partial charge in [-0.2, -0.15) is 13.2 Å². The lowest BCUT2D eigenvalue weighted by molar-refractivity contribution is -0.138. The van der Waals surface area contributed by atoms with Crippen LogP contribution in [0.15, 0.2) is 66.0 Å². The van der Waals surface area contributed by atoms with Crippen molar-refractivity contribution in [3.8, 4) is 11.4 Å². The molecule has 0 fully saturated rings. The standard InChI is InChI=1S/C23H20F3N3S/c1-16-9-10-17(14-20(16)23(24,25)26)11-12-21-27-28-22(18-6-3-2-4-7-18)29(21)15-19-8-5-13-30-19/h2-10,13-14H,11-12,15H2,1H3. The quantitative estimate of drug-likeness (QED) is 0.369. The van der Waals surface area contributed by atoms with Crippen LogP contribution in [0, 0.1) is 6.92 Å². The van der Waals surface area contributed by atoms with Crippen LogP contribution in [0.1, 0.15) is 27.4 Å². The van der Waals surface area contributed by atoms with Gasteiger partial charge in [0.25, 0.3) is 0 Å². The van der Waals surface area contributed by atoms with Gasteiger partial charge in [0, 0.05) is 16.9 Å². The third-order valence-corrected chi connectivity index (χ3v) is 5.86. The molecular weight excluding hydrogens is 407 g/mol. The van der Waals surface area contributed by atoms with Crippen molar-refractivity contribution in [3.63, 3.8) is 0 Å². The van der Waals surface area contributed by atoms with Crippen molar-refractivity contribution in [3.05, 3.63) is 93.4 Å². The molecule has 0 spiro atoms. The van der Waals surface area contributed by atoms with Gasteiger partial charge in [-0.25, -0.2) is 0 Å². The van der Waals surface area contributed by atoms with E-state index in [0.29, 0.717) is 24.9 Å². The highest BCUT2D eigenvalue weighted by Gasteiger charge is 2.32. The van der Waals surface area contributed by atoms with Crippen LogP contribution in [0.2, 0.25) is 0 Å². The lowest BCUT2D eigenvalue weighted by atomic mass is 10.0. The molecule has 0 atom stereocenters. The number of aryl methyl sites for hydroxylation is 3. The first kappa shape index (κ1) is 20.3. The monoisotopic (exact) mass is 427 g/mol. The van der Waals surface area contributed by atoms with Gasteiger partial charge in [0.05, 0.1) is 12.1 Å². The maximum Gasteiger partial charge on any atom is 0.416 e. The lowest BCUT2D eigenvalue weighted by Crippen LogP contribution is -2.10. The molecule has 0 unspecified atom stereocenters. The molecular formula is C23H20F3N3S. The molecule has 2 aromatic heterocycles. The number of benzene rings is 2. The molecule has 0 saturated carbocycles. The Balaban J connectivity index is 1.62. The van der Waals surface area contributed by atoms with E-state index < -0.39 is 11.7 Å². The first-order valence-electron chi connectivity index (χ1n) is 9.58. The van der Waals surface area contributed by atoms with Crippen LogP contribution in [-0.4, -0.2) is 14.8 Å². The van der Waals surface area contributed by atoms with Crippen molar-refractivity contribution in [2.24, 2.45) is 0 Å². The summed E-state index contributed by atoms with van der Waals surface area (Å²) in [5.74, 6) is 1.52. The molecule has 0 aliphatic rings. The Bertz CT molecular complexity index is 1120. The number of thiophene rings is 1. The highest BCUT2D eigenvalue weighted by molar-refractivity contribution is 7.09. The van der Waals surface area contributed by atoms with E-state index >= 15 is 0 Å². The van der Waals surface area contributed by atoms with Crippen molar-refractivity contribution in [2.75, 3.05) is 0 Å². The average Bonchev–Trinajstić information content (AvgIpc) is 3.38. The fraction of sp³-hybridized carbons (Fsp3) is 0.217. The fourth-order valence-electron chi connectivity index (χ4n) is 3.43. The van der Waals surface area contributed by atoms with E-state index in [0.717, 1.165) is 17.2 Å². The Morgan fingerprint density at radius 2 is 1.73 bits per heavy atom. The first-order valence-corrected chi connectivity index (χ1v) is 10.5. The number of rotatable bonds is 6. The maximum absolute atomic E-state index is 13.2. The van der Waals surface area contributed by atoms with E-state index in [1.54, 1.807) is 17.4 Å². The van der Waals surface area contributed by atoms with Gasteiger partial charge in [0.2, 0.25) is 0 Å².